The number of aromatic nitrogens is 5. The van der Waals surface area contributed by atoms with Gasteiger partial charge in [-0.05, 0) is 19.1 Å². The molecule has 0 bridgehead atoms. The molecule has 0 radical (unpaired) electrons. The third-order valence-electron chi connectivity index (χ3n) is 3.99. The van der Waals surface area contributed by atoms with Gasteiger partial charge in [-0.25, -0.2) is 24.5 Å². The van der Waals surface area contributed by atoms with E-state index in [9.17, 15) is 9.59 Å². The maximum atomic E-state index is 12.5. The van der Waals surface area contributed by atoms with Gasteiger partial charge < -0.3 is 20.1 Å². The highest BCUT2D eigenvalue weighted by Gasteiger charge is 2.20. The summed E-state index contributed by atoms with van der Waals surface area (Å²) in [5, 5.41) is 9.59. The van der Waals surface area contributed by atoms with Gasteiger partial charge in [-0.15, -0.1) is 0 Å². The highest BCUT2D eigenvalue weighted by molar-refractivity contribution is 6.34. The fraction of sp³-hybridized carbons (Fsp3) is 0.222. The summed E-state index contributed by atoms with van der Waals surface area (Å²) in [6.45, 7) is 1.73. The van der Waals surface area contributed by atoms with E-state index in [-0.39, 0.29) is 22.0 Å². The van der Waals surface area contributed by atoms with Crippen LogP contribution in [-0.4, -0.2) is 51.0 Å². The number of halogens is 1. The minimum absolute atomic E-state index is 0.139. The summed E-state index contributed by atoms with van der Waals surface area (Å²) in [5.41, 5.74) is 0.388. The summed E-state index contributed by atoms with van der Waals surface area (Å²) in [5.74, 6) is 0.350. The number of hydrogen-bond donors (Lipinski definition) is 2. The molecule has 12 heteroatoms. The Morgan fingerprint density at radius 2 is 1.90 bits per heavy atom. The molecule has 0 spiro atoms. The van der Waals surface area contributed by atoms with E-state index in [1.54, 1.807) is 25.4 Å². The Labute approximate surface area is 176 Å². The predicted octanol–water partition coefficient (Wildman–Crippen LogP) is 2.39. The zero-order valence-electron chi connectivity index (χ0n) is 16.3. The summed E-state index contributed by atoms with van der Waals surface area (Å²) in [4.78, 5) is 36.7. The molecule has 30 heavy (non-hydrogen) atoms. The Balaban J connectivity index is 1.75. The molecule has 3 rings (SSSR count). The van der Waals surface area contributed by atoms with Gasteiger partial charge in [0.15, 0.2) is 5.82 Å². The summed E-state index contributed by atoms with van der Waals surface area (Å²) in [6, 6.07) is 3.37. The molecule has 2 N–H and O–H groups in total. The van der Waals surface area contributed by atoms with Gasteiger partial charge >= 0.3 is 12.0 Å². The zero-order chi connectivity index (χ0) is 21.7. The Hall–Kier alpha value is -3.73. The smallest absolute Gasteiger partial charge is 0.341 e. The topological polar surface area (TPSA) is 133 Å². The number of esters is 1. The van der Waals surface area contributed by atoms with E-state index in [4.69, 9.17) is 21.1 Å². The number of rotatable bonds is 6. The summed E-state index contributed by atoms with van der Waals surface area (Å²) in [7, 11) is 2.63. The van der Waals surface area contributed by atoms with Crippen molar-refractivity contribution < 1.29 is 19.1 Å². The number of anilines is 1. The first-order valence-corrected chi connectivity index (χ1v) is 9.03. The second-order valence-electron chi connectivity index (χ2n) is 5.92. The normalized spacial score (nSPS) is 11.5. The van der Waals surface area contributed by atoms with Crippen LogP contribution in [0.2, 0.25) is 5.02 Å². The van der Waals surface area contributed by atoms with Crippen molar-refractivity contribution in [2.75, 3.05) is 19.5 Å². The Morgan fingerprint density at radius 1 is 1.17 bits per heavy atom. The van der Waals surface area contributed by atoms with Crippen molar-refractivity contribution in [1.29, 1.82) is 0 Å². The quantitative estimate of drug-likeness (QED) is 0.568. The van der Waals surface area contributed by atoms with Crippen molar-refractivity contribution >= 4 is 29.3 Å². The fourth-order valence-corrected chi connectivity index (χ4v) is 2.82. The van der Waals surface area contributed by atoms with E-state index in [0.717, 1.165) is 0 Å². The number of nitrogens with zero attached hydrogens (tertiary/aromatic N) is 5. The van der Waals surface area contributed by atoms with Crippen molar-refractivity contribution in [1.82, 2.24) is 30.0 Å². The second-order valence-corrected chi connectivity index (χ2v) is 6.33. The fourth-order valence-electron chi connectivity index (χ4n) is 2.61. The lowest BCUT2D eigenvalue weighted by Gasteiger charge is -2.16. The van der Waals surface area contributed by atoms with E-state index < -0.39 is 18.0 Å². The van der Waals surface area contributed by atoms with Crippen molar-refractivity contribution in [3.63, 3.8) is 0 Å². The first-order valence-electron chi connectivity index (χ1n) is 8.65. The average Bonchev–Trinajstić information content (AvgIpc) is 3.25. The van der Waals surface area contributed by atoms with Crippen LogP contribution < -0.4 is 15.4 Å². The molecule has 0 fully saturated rings. The van der Waals surface area contributed by atoms with Crippen molar-refractivity contribution in [3.05, 3.63) is 53.3 Å². The van der Waals surface area contributed by atoms with Crippen LogP contribution in [0.3, 0.4) is 0 Å². The van der Waals surface area contributed by atoms with Crippen LogP contribution in [0.4, 0.5) is 10.5 Å². The number of carbonyl (C=O) groups excluding carboxylic acids is 2. The van der Waals surface area contributed by atoms with Crippen LogP contribution in [0, 0.1) is 0 Å². The Morgan fingerprint density at radius 3 is 2.57 bits per heavy atom. The van der Waals surface area contributed by atoms with Crippen molar-refractivity contribution in [3.8, 4) is 11.7 Å². The number of amides is 2. The molecule has 3 aromatic rings. The van der Waals surface area contributed by atoms with E-state index in [0.29, 0.717) is 11.8 Å². The highest BCUT2D eigenvalue weighted by atomic mass is 35.5. The highest BCUT2D eigenvalue weighted by Crippen LogP contribution is 2.31. The molecule has 1 atom stereocenters. The summed E-state index contributed by atoms with van der Waals surface area (Å²) >= 11 is 6.20. The standard InChI is InChI=1S/C18H18ClN7O4/c1-10(15-22-9-23-26(15)17-20-5-4-6-21-17)24-18(28)25-13-8-14(29-2)11(7-12(13)19)16(27)30-3/h4-10H,1-3H3,(H2,24,25,28). The van der Waals surface area contributed by atoms with E-state index in [1.165, 1.54) is 37.4 Å². The number of methoxy groups -OCH3 is 2. The third kappa shape index (κ3) is 4.46. The Kier molecular flexibility index (Phi) is 6.42. The number of hydrogen-bond acceptors (Lipinski definition) is 8. The van der Waals surface area contributed by atoms with Gasteiger partial charge in [-0.3, -0.25) is 0 Å². The van der Waals surface area contributed by atoms with Gasteiger partial charge in [0.25, 0.3) is 5.95 Å². The number of benzene rings is 1. The molecule has 0 saturated carbocycles. The van der Waals surface area contributed by atoms with Gasteiger partial charge in [0, 0.05) is 18.5 Å². The minimum Gasteiger partial charge on any atom is -0.496 e. The van der Waals surface area contributed by atoms with Crippen molar-refractivity contribution in [2.45, 2.75) is 13.0 Å². The molecular weight excluding hydrogens is 414 g/mol. The zero-order valence-corrected chi connectivity index (χ0v) is 17.0. The lowest BCUT2D eigenvalue weighted by Crippen LogP contribution is -2.32. The lowest BCUT2D eigenvalue weighted by atomic mass is 10.1. The maximum absolute atomic E-state index is 12.5. The van der Waals surface area contributed by atoms with Crippen LogP contribution in [0.15, 0.2) is 36.9 Å². The number of ether oxygens (including phenoxy) is 2. The average molecular weight is 432 g/mol. The molecule has 2 aromatic heterocycles. The lowest BCUT2D eigenvalue weighted by molar-refractivity contribution is 0.0597. The van der Waals surface area contributed by atoms with Crippen LogP contribution >= 0.6 is 11.6 Å². The van der Waals surface area contributed by atoms with Crippen LogP contribution in [0.5, 0.6) is 5.75 Å². The molecular formula is C18H18ClN7O4. The van der Waals surface area contributed by atoms with E-state index in [2.05, 4.69) is 30.7 Å². The van der Waals surface area contributed by atoms with E-state index >= 15 is 0 Å². The van der Waals surface area contributed by atoms with E-state index in [1.807, 2.05) is 0 Å². The van der Waals surface area contributed by atoms with Gasteiger partial charge in [-0.1, -0.05) is 11.6 Å². The number of carbonyl (C=O) groups is 2. The SMILES string of the molecule is COC(=O)c1cc(Cl)c(NC(=O)NC(C)c2ncnn2-c2ncccn2)cc1OC. The van der Waals surface area contributed by atoms with Crippen molar-refractivity contribution in [2.24, 2.45) is 0 Å². The number of nitrogens with one attached hydrogen (secondary N) is 2. The van der Waals surface area contributed by atoms with Gasteiger partial charge in [0.05, 0.1) is 31.0 Å². The molecule has 0 saturated heterocycles. The molecule has 156 valence electrons. The van der Waals surface area contributed by atoms with Crippen LogP contribution in [0.25, 0.3) is 5.95 Å². The number of urea groups is 1. The summed E-state index contributed by atoms with van der Waals surface area (Å²) in [6.07, 6.45) is 4.49. The molecule has 0 aliphatic rings. The molecule has 0 aliphatic carbocycles. The summed E-state index contributed by atoms with van der Waals surface area (Å²) < 4.78 is 11.3. The maximum Gasteiger partial charge on any atom is 0.341 e. The molecule has 1 aromatic carbocycles. The predicted molar refractivity (Wildman–Crippen MR) is 107 cm³/mol. The molecule has 2 heterocycles. The Bertz CT molecular complexity index is 1060. The van der Waals surface area contributed by atoms with Gasteiger partial charge in [-0.2, -0.15) is 9.78 Å². The van der Waals surface area contributed by atoms with Gasteiger partial charge in [0.1, 0.15) is 17.6 Å². The van der Waals surface area contributed by atoms with Crippen LogP contribution in [0.1, 0.15) is 29.1 Å². The van der Waals surface area contributed by atoms with Crippen LogP contribution in [-0.2, 0) is 4.74 Å². The molecule has 11 nitrogen and oxygen atoms in total. The first-order chi connectivity index (χ1) is 14.4. The third-order valence-corrected chi connectivity index (χ3v) is 4.31. The minimum atomic E-state index is -0.610. The second kappa shape index (κ2) is 9.18. The monoisotopic (exact) mass is 431 g/mol. The van der Waals surface area contributed by atoms with Gasteiger partial charge in [0.2, 0.25) is 0 Å². The molecule has 1 unspecified atom stereocenters. The first kappa shape index (κ1) is 21.0. The molecule has 2 amide bonds. The molecule has 0 aliphatic heterocycles. The largest absolute Gasteiger partial charge is 0.496 e.